The fourth-order valence-electron chi connectivity index (χ4n) is 3.09. The quantitative estimate of drug-likeness (QED) is 0.789. The Kier molecular flexibility index (Phi) is 2.30. The Balaban J connectivity index is 1.73. The van der Waals surface area contributed by atoms with Gasteiger partial charge >= 0.3 is 0 Å². The van der Waals surface area contributed by atoms with Crippen LogP contribution in [0.5, 0.6) is 0 Å². The van der Waals surface area contributed by atoms with Crippen LogP contribution in [0, 0.1) is 11.8 Å². The van der Waals surface area contributed by atoms with Gasteiger partial charge in [-0.05, 0) is 25.7 Å². The molecular weight excluding hydrogens is 222 g/mol. The van der Waals surface area contributed by atoms with Crippen molar-refractivity contribution in [3.63, 3.8) is 0 Å². The van der Waals surface area contributed by atoms with Gasteiger partial charge in [-0.15, -0.1) is 0 Å². The minimum absolute atomic E-state index is 0.628. The lowest BCUT2D eigenvalue weighted by Gasteiger charge is -2.23. The second kappa shape index (κ2) is 3.47. The molecule has 2 unspecified atom stereocenters. The minimum Gasteiger partial charge on any atom is -0.300 e. The molecule has 3 nitrogen and oxygen atoms in total. The van der Waals surface area contributed by atoms with Crippen molar-refractivity contribution >= 4 is 11.6 Å². The van der Waals surface area contributed by atoms with Crippen LogP contribution >= 0.6 is 11.6 Å². The van der Waals surface area contributed by atoms with Crippen LogP contribution in [-0.4, -0.2) is 33.8 Å². The number of piperidine rings is 1. The highest BCUT2D eigenvalue weighted by molar-refractivity contribution is 6.31. The average molecular weight is 240 g/mol. The zero-order valence-electron chi connectivity index (χ0n) is 10.0. The minimum atomic E-state index is 0.628. The van der Waals surface area contributed by atoms with Crippen LogP contribution in [0.25, 0.3) is 0 Å². The molecule has 1 aromatic heterocycles. The Morgan fingerprint density at radius 1 is 1.38 bits per heavy atom. The van der Waals surface area contributed by atoms with Gasteiger partial charge in [0, 0.05) is 38.3 Å². The highest BCUT2D eigenvalue weighted by atomic mass is 35.5. The van der Waals surface area contributed by atoms with Gasteiger partial charge in [-0.3, -0.25) is 4.68 Å². The highest BCUT2D eigenvalue weighted by Crippen LogP contribution is 2.59. The van der Waals surface area contributed by atoms with Gasteiger partial charge in [0.1, 0.15) is 0 Å². The van der Waals surface area contributed by atoms with Gasteiger partial charge in [0.25, 0.3) is 0 Å². The van der Waals surface area contributed by atoms with Crippen LogP contribution in [0.2, 0.25) is 5.02 Å². The number of halogens is 1. The van der Waals surface area contributed by atoms with E-state index in [1.165, 1.54) is 13.1 Å². The molecule has 0 radical (unpaired) electrons. The van der Waals surface area contributed by atoms with Crippen molar-refractivity contribution in [2.45, 2.75) is 25.8 Å². The first-order valence-electron chi connectivity index (χ1n) is 6.01. The lowest BCUT2D eigenvalue weighted by atomic mass is 10.2. The summed E-state index contributed by atoms with van der Waals surface area (Å²) in [6.07, 6.45) is 1.91. The Hall–Kier alpha value is -0.540. The Labute approximate surface area is 101 Å². The van der Waals surface area contributed by atoms with Gasteiger partial charge in [0.05, 0.1) is 10.7 Å². The van der Waals surface area contributed by atoms with Gasteiger partial charge in [0.2, 0.25) is 0 Å². The molecule has 1 aliphatic heterocycles. The van der Waals surface area contributed by atoms with Gasteiger partial charge in [-0.1, -0.05) is 11.6 Å². The van der Waals surface area contributed by atoms with E-state index in [0.717, 1.165) is 22.6 Å². The van der Waals surface area contributed by atoms with E-state index in [-0.39, 0.29) is 0 Å². The summed E-state index contributed by atoms with van der Waals surface area (Å²) in [6.45, 7) is 6.99. The van der Waals surface area contributed by atoms with E-state index in [1.54, 1.807) is 0 Å². The molecule has 1 saturated heterocycles. The second-order valence-corrected chi connectivity index (χ2v) is 5.84. The third kappa shape index (κ3) is 1.49. The summed E-state index contributed by atoms with van der Waals surface area (Å²) in [7, 11) is 1.94. The van der Waals surface area contributed by atoms with Crippen molar-refractivity contribution in [2.24, 2.45) is 18.9 Å². The zero-order valence-corrected chi connectivity index (χ0v) is 10.8. The van der Waals surface area contributed by atoms with Gasteiger partial charge < -0.3 is 4.90 Å². The molecule has 1 aliphatic carbocycles. The van der Waals surface area contributed by atoms with Gasteiger partial charge in [-0.2, -0.15) is 5.10 Å². The molecule has 0 spiro atoms. The number of aryl methyl sites for hydroxylation is 1. The van der Waals surface area contributed by atoms with E-state index < -0.39 is 0 Å². The number of likely N-dealkylation sites (tertiary alicyclic amines) is 1. The van der Waals surface area contributed by atoms with Crippen LogP contribution in [0.15, 0.2) is 6.20 Å². The standard InChI is InChI=1S/C12H18ClN3/c1-7(2)16-4-8-9(5-16)11(8)12-10(13)6-15(3)14-12/h6-9,11H,4-5H2,1-3H3. The molecule has 0 amide bonds. The van der Waals surface area contributed by atoms with E-state index in [2.05, 4.69) is 23.8 Å². The van der Waals surface area contributed by atoms with Crippen molar-refractivity contribution in [1.82, 2.24) is 14.7 Å². The van der Waals surface area contributed by atoms with E-state index in [0.29, 0.717) is 12.0 Å². The van der Waals surface area contributed by atoms with E-state index in [9.17, 15) is 0 Å². The monoisotopic (exact) mass is 239 g/mol. The molecular formula is C12H18ClN3. The van der Waals surface area contributed by atoms with Gasteiger partial charge in [0.15, 0.2) is 0 Å². The van der Waals surface area contributed by atoms with Crippen molar-refractivity contribution < 1.29 is 0 Å². The molecule has 2 fully saturated rings. The lowest BCUT2D eigenvalue weighted by Crippen LogP contribution is -2.31. The molecule has 2 aliphatic rings. The molecule has 1 saturated carbocycles. The van der Waals surface area contributed by atoms with E-state index in [1.807, 2.05) is 17.9 Å². The number of fused-ring (bicyclic) bond motifs is 1. The SMILES string of the molecule is CC(C)N1CC2C(C1)C2c1nn(C)cc1Cl. The third-order valence-electron chi connectivity index (χ3n) is 4.08. The Bertz CT molecular complexity index is 400. The number of nitrogens with zero attached hydrogens (tertiary/aromatic N) is 3. The molecule has 4 heteroatoms. The predicted octanol–water partition coefficient (Wildman–Crippen LogP) is 2.13. The molecule has 2 heterocycles. The van der Waals surface area contributed by atoms with Crippen molar-refractivity contribution in [3.8, 4) is 0 Å². The first-order chi connectivity index (χ1) is 7.58. The van der Waals surface area contributed by atoms with Gasteiger partial charge in [-0.25, -0.2) is 0 Å². The molecule has 3 rings (SSSR count). The largest absolute Gasteiger partial charge is 0.300 e. The second-order valence-electron chi connectivity index (χ2n) is 5.44. The normalized spacial score (nSPS) is 33.4. The summed E-state index contributed by atoms with van der Waals surface area (Å²) in [5.41, 5.74) is 1.13. The highest BCUT2D eigenvalue weighted by Gasteiger charge is 2.58. The number of aromatic nitrogens is 2. The maximum Gasteiger partial charge on any atom is 0.0848 e. The number of hydrogen-bond acceptors (Lipinski definition) is 2. The molecule has 1 aromatic rings. The van der Waals surface area contributed by atoms with Crippen molar-refractivity contribution in [1.29, 1.82) is 0 Å². The summed E-state index contributed by atoms with van der Waals surface area (Å²) < 4.78 is 1.83. The lowest BCUT2D eigenvalue weighted by molar-refractivity contribution is 0.242. The molecule has 88 valence electrons. The molecule has 16 heavy (non-hydrogen) atoms. The van der Waals surface area contributed by atoms with Crippen molar-refractivity contribution in [3.05, 3.63) is 16.9 Å². The zero-order chi connectivity index (χ0) is 11.4. The molecule has 0 bridgehead atoms. The predicted molar refractivity (Wildman–Crippen MR) is 64.6 cm³/mol. The molecule has 0 aromatic carbocycles. The number of rotatable bonds is 2. The maximum atomic E-state index is 6.19. The summed E-state index contributed by atoms with van der Waals surface area (Å²) in [5.74, 6) is 2.23. The Morgan fingerprint density at radius 2 is 2.00 bits per heavy atom. The maximum absolute atomic E-state index is 6.19. The summed E-state index contributed by atoms with van der Waals surface area (Å²) in [4.78, 5) is 2.56. The average Bonchev–Trinajstić information content (AvgIpc) is 2.59. The van der Waals surface area contributed by atoms with Crippen LogP contribution in [0.4, 0.5) is 0 Å². The summed E-state index contributed by atoms with van der Waals surface area (Å²) >= 11 is 6.19. The first-order valence-corrected chi connectivity index (χ1v) is 6.39. The topological polar surface area (TPSA) is 21.1 Å². The fraction of sp³-hybridized carbons (Fsp3) is 0.750. The Morgan fingerprint density at radius 3 is 2.44 bits per heavy atom. The van der Waals surface area contributed by atoms with Crippen LogP contribution < -0.4 is 0 Å². The smallest absolute Gasteiger partial charge is 0.0848 e. The molecule has 0 N–H and O–H groups in total. The third-order valence-corrected chi connectivity index (χ3v) is 4.37. The fourth-order valence-corrected chi connectivity index (χ4v) is 3.39. The van der Waals surface area contributed by atoms with E-state index >= 15 is 0 Å². The van der Waals surface area contributed by atoms with Crippen LogP contribution in [-0.2, 0) is 7.05 Å². The van der Waals surface area contributed by atoms with Crippen molar-refractivity contribution in [2.75, 3.05) is 13.1 Å². The first kappa shape index (κ1) is 10.6. The van der Waals surface area contributed by atoms with Crippen LogP contribution in [0.1, 0.15) is 25.5 Å². The number of hydrogen-bond donors (Lipinski definition) is 0. The molecule has 2 atom stereocenters. The summed E-state index contributed by atoms with van der Waals surface area (Å²) in [5, 5.41) is 5.34. The summed E-state index contributed by atoms with van der Waals surface area (Å²) in [6, 6.07) is 0.674. The van der Waals surface area contributed by atoms with Crippen LogP contribution in [0.3, 0.4) is 0 Å². The van der Waals surface area contributed by atoms with E-state index in [4.69, 9.17) is 11.6 Å².